The monoisotopic (exact) mass is 480 g/mol. The molecule has 0 radical (unpaired) electrons. The molecular formula is C29H25BrN2. The quantitative estimate of drug-likeness (QED) is 0.390. The summed E-state index contributed by atoms with van der Waals surface area (Å²) in [7, 11) is 0. The number of halogens is 1. The molecule has 2 aromatic rings. The number of allylic oxidation sites excluding steroid dienone is 14. The van der Waals surface area contributed by atoms with E-state index in [0.717, 1.165) is 39.8 Å². The molecule has 0 saturated heterocycles. The summed E-state index contributed by atoms with van der Waals surface area (Å²) in [5, 5.41) is 0. The van der Waals surface area contributed by atoms with Gasteiger partial charge in [0.05, 0.1) is 11.4 Å². The van der Waals surface area contributed by atoms with Crippen LogP contribution in [0.4, 0.5) is 0 Å². The zero-order chi connectivity index (χ0) is 22.2. The minimum absolute atomic E-state index is 0.442. The maximum absolute atomic E-state index is 4.82. The molecule has 0 fully saturated rings. The molecule has 0 bridgehead atoms. The standard InChI is InChI=1S/C29H25BrN2/c1-2-3-4-8-14-29-31-27(24-12-9-13-26(30)20-19-24)21-28(32-29)25-17-15-23(16-18-25)22-10-6-5-7-11-22/h2-8,10,12-22H,1,9,11H2/b4-3-,14-8+. The zero-order valence-electron chi connectivity index (χ0n) is 17.9. The predicted molar refractivity (Wildman–Crippen MR) is 140 cm³/mol. The number of hydrogen-bond acceptors (Lipinski definition) is 2. The van der Waals surface area contributed by atoms with E-state index in [1.54, 1.807) is 6.08 Å². The molecule has 1 heterocycles. The van der Waals surface area contributed by atoms with Gasteiger partial charge >= 0.3 is 0 Å². The third-order valence-corrected chi connectivity index (χ3v) is 5.92. The maximum Gasteiger partial charge on any atom is 0.153 e. The second-order valence-corrected chi connectivity index (χ2v) is 8.49. The largest absolute Gasteiger partial charge is 0.229 e. The van der Waals surface area contributed by atoms with Gasteiger partial charge in [0, 0.05) is 16.0 Å². The average Bonchev–Trinajstić information content (AvgIpc) is 3.07. The van der Waals surface area contributed by atoms with Gasteiger partial charge in [-0.2, -0.15) is 0 Å². The van der Waals surface area contributed by atoms with Crippen LogP contribution in [0.3, 0.4) is 0 Å². The summed E-state index contributed by atoms with van der Waals surface area (Å²) in [6.07, 6.45) is 28.5. The van der Waals surface area contributed by atoms with E-state index in [4.69, 9.17) is 9.97 Å². The van der Waals surface area contributed by atoms with Crippen molar-refractivity contribution >= 4 is 27.6 Å². The van der Waals surface area contributed by atoms with E-state index in [1.165, 1.54) is 5.56 Å². The number of aromatic nitrogens is 2. The number of rotatable bonds is 6. The van der Waals surface area contributed by atoms with E-state index in [0.29, 0.717) is 11.7 Å². The second kappa shape index (κ2) is 10.8. The Kier molecular flexibility index (Phi) is 7.42. The molecule has 0 N–H and O–H groups in total. The van der Waals surface area contributed by atoms with Crippen LogP contribution in [0.2, 0.25) is 0 Å². The van der Waals surface area contributed by atoms with E-state index in [1.807, 2.05) is 24.3 Å². The molecule has 1 unspecified atom stereocenters. The normalized spacial score (nSPS) is 18.1. The number of benzene rings is 1. The lowest BCUT2D eigenvalue weighted by molar-refractivity contribution is 0.854. The highest BCUT2D eigenvalue weighted by molar-refractivity contribution is 9.11. The van der Waals surface area contributed by atoms with E-state index >= 15 is 0 Å². The summed E-state index contributed by atoms with van der Waals surface area (Å²) >= 11 is 3.56. The first-order valence-electron chi connectivity index (χ1n) is 10.8. The van der Waals surface area contributed by atoms with Crippen molar-refractivity contribution in [3.05, 3.63) is 131 Å². The molecular weight excluding hydrogens is 456 g/mol. The summed E-state index contributed by atoms with van der Waals surface area (Å²) in [6, 6.07) is 10.8. The second-order valence-electron chi connectivity index (χ2n) is 7.57. The Labute approximate surface area is 198 Å². The van der Waals surface area contributed by atoms with Gasteiger partial charge in [-0.05, 0) is 42.2 Å². The van der Waals surface area contributed by atoms with Gasteiger partial charge in [0.1, 0.15) is 0 Å². The highest BCUT2D eigenvalue weighted by Gasteiger charge is 2.11. The minimum atomic E-state index is 0.442. The molecule has 4 rings (SSSR count). The molecule has 2 aliphatic rings. The van der Waals surface area contributed by atoms with Gasteiger partial charge in [-0.15, -0.1) is 0 Å². The Balaban J connectivity index is 1.69. The highest BCUT2D eigenvalue weighted by atomic mass is 79.9. The topological polar surface area (TPSA) is 25.8 Å². The van der Waals surface area contributed by atoms with Crippen LogP contribution >= 0.6 is 15.9 Å². The average molecular weight is 481 g/mol. The third kappa shape index (κ3) is 5.68. The van der Waals surface area contributed by atoms with E-state index in [2.05, 4.69) is 101 Å². The molecule has 0 aliphatic heterocycles. The molecule has 1 atom stereocenters. The fourth-order valence-corrected chi connectivity index (χ4v) is 3.96. The third-order valence-electron chi connectivity index (χ3n) is 5.33. The van der Waals surface area contributed by atoms with E-state index in [-0.39, 0.29) is 0 Å². The number of hydrogen-bond donors (Lipinski definition) is 0. The van der Waals surface area contributed by atoms with Gasteiger partial charge in [0.15, 0.2) is 5.82 Å². The summed E-state index contributed by atoms with van der Waals surface area (Å²) in [6.45, 7) is 3.71. The van der Waals surface area contributed by atoms with E-state index < -0.39 is 0 Å². The van der Waals surface area contributed by atoms with Gasteiger partial charge < -0.3 is 0 Å². The predicted octanol–water partition coefficient (Wildman–Crippen LogP) is 8.12. The Morgan fingerprint density at radius 1 is 0.938 bits per heavy atom. The van der Waals surface area contributed by atoms with Crippen LogP contribution in [-0.2, 0) is 0 Å². The summed E-state index contributed by atoms with van der Waals surface area (Å²) in [4.78, 5) is 9.63. The van der Waals surface area contributed by atoms with Crippen LogP contribution in [0, 0.1) is 0 Å². The molecule has 1 aromatic heterocycles. The van der Waals surface area contributed by atoms with Gasteiger partial charge in [-0.3, -0.25) is 0 Å². The zero-order valence-corrected chi connectivity index (χ0v) is 19.4. The molecule has 0 saturated carbocycles. The van der Waals surface area contributed by atoms with Crippen molar-refractivity contribution in [2.45, 2.75) is 18.8 Å². The smallest absolute Gasteiger partial charge is 0.153 e. The first-order chi connectivity index (χ1) is 15.7. The Bertz CT molecular complexity index is 1190. The van der Waals surface area contributed by atoms with Crippen molar-refractivity contribution < 1.29 is 0 Å². The number of nitrogens with zero attached hydrogens (tertiary/aromatic N) is 2. The Hall–Kier alpha value is -3.30. The summed E-state index contributed by atoms with van der Waals surface area (Å²) in [5.74, 6) is 1.12. The highest BCUT2D eigenvalue weighted by Crippen LogP contribution is 2.29. The van der Waals surface area contributed by atoms with Crippen molar-refractivity contribution in [1.82, 2.24) is 9.97 Å². The molecule has 158 valence electrons. The van der Waals surface area contributed by atoms with Crippen LogP contribution in [0.5, 0.6) is 0 Å². The minimum Gasteiger partial charge on any atom is -0.229 e. The fourth-order valence-electron chi connectivity index (χ4n) is 3.64. The molecule has 2 nitrogen and oxygen atoms in total. The lowest BCUT2D eigenvalue weighted by Crippen LogP contribution is -1.98. The Morgan fingerprint density at radius 2 is 1.78 bits per heavy atom. The van der Waals surface area contributed by atoms with Crippen LogP contribution in [0.1, 0.15) is 35.8 Å². The van der Waals surface area contributed by atoms with Crippen molar-refractivity contribution in [3.8, 4) is 11.3 Å². The van der Waals surface area contributed by atoms with Crippen LogP contribution in [0.15, 0.2) is 114 Å². The molecule has 32 heavy (non-hydrogen) atoms. The van der Waals surface area contributed by atoms with Crippen molar-refractivity contribution in [1.29, 1.82) is 0 Å². The van der Waals surface area contributed by atoms with Crippen LogP contribution < -0.4 is 0 Å². The van der Waals surface area contributed by atoms with Crippen molar-refractivity contribution in [3.63, 3.8) is 0 Å². The van der Waals surface area contributed by atoms with Gasteiger partial charge in [-0.1, -0.05) is 114 Å². The first-order valence-corrected chi connectivity index (χ1v) is 11.5. The van der Waals surface area contributed by atoms with Crippen molar-refractivity contribution in [2.24, 2.45) is 0 Å². The maximum atomic E-state index is 4.82. The van der Waals surface area contributed by atoms with Crippen LogP contribution in [-0.4, -0.2) is 9.97 Å². The van der Waals surface area contributed by atoms with Crippen molar-refractivity contribution in [2.75, 3.05) is 0 Å². The molecule has 0 spiro atoms. The first kappa shape index (κ1) is 21.9. The summed E-state index contributed by atoms with van der Waals surface area (Å²) < 4.78 is 1.08. The van der Waals surface area contributed by atoms with Gasteiger partial charge in [0.2, 0.25) is 0 Å². The van der Waals surface area contributed by atoms with Gasteiger partial charge in [0.25, 0.3) is 0 Å². The van der Waals surface area contributed by atoms with Gasteiger partial charge in [-0.25, -0.2) is 9.97 Å². The fraction of sp³-hybridized carbons (Fsp3) is 0.103. The Morgan fingerprint density at radius 3 is 2.56 bits per heavy atom. The SMILES string of the molecule is C=C/C=C\C=C\c1nc(C2=CCC=C(Br)C=C2)cc(-c2ccc(C3C=CC=CC3)cc2)n1. The van der Waals surface area contributed by atoms with Crippen LogP contribution in [0.25, 0.3) is 22.9 Å². The molecule has 0 amide bonds. The molecule has 3 heteroatoms. The lowest BCUT2D eigenvalue weighted by atomic mass is 9.92. The summed E-state index contributed by atoms with van der Waals surface area (Å²) in [5.41, 5.74) is 5.33. The van der Waals surface area contributed by atoms with E-state index in [9.17, 15) is 0 Å². The molecule has 2 aliphatic carbocycles. The molecule has 1 aromatic carbocycles. The lowest BCUT2D eigenvalue weighted by Gasteiger charge is -2.14.